The molecule has 0 spiro atoms. The standard InChI is InChI=1S/C19H15N7S/c1-25-18(22-23-24-25)26-17-9-5-4-8-15(17)21-19(26)27-12-16-14-7-3-2-6-13(14)10-11-20-16/h2-11H,12H2,1H3. The quantitative estimate of drug-likeness (QED) is 0.450. The van der Waals surface area contributed by atoms with Gasteiger partial charge in [0.25, 0.3) is 5.95 Å². The molecule has 27 heavy (non-hydrogen) atoms. The molecule has 0 aliphatic carbocycles. The zero-order valence-corrected chi connectivity index (χ0v) is 15.3. The van der Waals surface area contributed by atoms with Crippen LogP contribution in [0.1, 0.15) is 5.69 Å². The minimum atomic E-state index is 0.636. The summed E-state index contributed by atoms with van der Waals surface area (Å²) >= 11 is 1.63. The van der Waals surface area contributed by atoms with Gasteiger partial charge < -0.3 is 0 Å². The second-order valence-corrected chi connectivity index (χ2v) is 7.03. The van der Waals surface area contributed by atoms with Gasteiger partial charge in [-0.2, -0.15) is 0 Å². The van der Waals surface area contributed by atoms with Crippen LogP contribution in [0.25, 0.3) is 27.8 Å². The SMILES string of the molecule is Cn1nnnc1-n1c(SCc2nccc3ccccc23)nc2ccccc21. The van der Waals surface area contributed by atoms with Gasteiger partial charge in [0.15, 0.2) is 5.16 Å². The van der Waals surface area contributed by atoms with Gasteiger partial charge in [-0.25, -0.2) is 9.67 Å². The molecule has 0 atom stereocenters. The number of pyridine rings is 1. The Morgan fingerprint density at radius 1 is 1.00 bits per heavy atom. The molecule has 132 valence electrons. The van der Waals surface area contributed by atoms with Gasteiger partial charge >= 0.3 is 0 Å². The summed E-state index contributed by atoms with van der Waals surface area (Å²) in [4.78, 5) is 9.38. The molecular weight excluding hydrogens is 358 g/mol. The van der Waals surface area contributed by atoms with Gasteiger partial charge in [0.2, 0.25) is 0 Å². The van der Waals surface area contributed by atoms with Crippen molar-refractivity contribution in [3.63, 3.8) is 0 Å². The van der Waals surface area contributed by atoms with E-state index in [1.165, 1.54) is 5.39 Å². The molecule has 0 aliphatic heterocycles. The summed E-state index contributed by atoms with van der Waals surface area (Å²) < 4.78 is 3.64. The van der Waals surface area contributed by atoms with Crippen molar-refractivity contribution in [1.29, 1.82) is 0 Å². The Morgan fingerprint density at radius 2 is 1.85 bits per heavy atom. The molecule has 0 fully saturated rings. The Balaban J connectivity index is 1.58. The molecule has 0 unspecified atom stereocenters. The van der Waals surface area contributed by atoms with Crippen LogP contribution in [-0.4, -0.2) is 34.7 Å². The number of aromatic nitrogens is 7. The van der Waals surface area contributed by atoms with E-state index >= 15 is 0 Å². The molecule has 3 heterocycles. The van der Waals surface area contributed by atoms with Crippen LogP contribution in [0.4, 0.5) is 0 Å². The van der Waals surface area contributed by atoms with Gasteiger partial charge in [-0.1, -0.05) is 53.3 Å². The second-order valence-electron chi connectivity index (χ2n) is 6.09. The third kappa shape index (κ3) is 2.74. The molecule has 0 N–H and O–H groups in total. The fraction of sp³-hybridized carbons (Fsp3) is 0.105. The number of nitrogens with zero attached hydrogens (tertiary/aromatic N) is 7. The summed E-state index contributed by atoms with van der Waals surface area (Å²) in [7, 11) is 1.82. The van der Waals surface area contributed by atoms with E-state index in [2.05, 4.69) is 32.6 Å². The average Bonchev–Trinajstić information content (AvgIpc) is 3.28. The zero-order valence-electron chi connectivity index (χ0n) is 14.5. The van der Waals surface area contributed by atoms with Crippen LogP contribution in [0, 0.1) is 0 Å². The lowest BCUT2D eigenvalue weighted by molar-refractivity contribution is 0.682. The largest absolute Gasteiger partial charge is 0.260 e. The zero-order chi connectivity index (χ0) is 18.2. The average molecular weight is 373 g/mol. The number of thioether (sulfide) groups is 1. The summed E-state index contributed by atoms with van der Waals surface area (Å²) in [5.41, 5.74) is 2.92. The van der Waals surface area contributed by atoms with Crippen molar-refractivity contribution >= 4 is 33.6 Å². The molecule has 5 rings (SSSR count). The highest BCUT2D eigenvalue weighted by Gasteiger charge is 2.17. The minimum absolute atomic E-state index is 0.636. The van der Waals surface area contributed by atoms with Crippen molar-refractivity contribution in [2.75, 3.05) is 0 Å². The number of aryl methyl sites for hydroxylation is 1. The van der Waals surface area contributed by atoms with Gasteiger partial charge in [-0.3, -0.25) is 9.55 Å². The monoisotopic (exact) mass is 373 g/mol. The summed E-state index contributed by atoms with van der Waals surface area (Å²) in [5, 5.41) is 15.1. The van der Waals surface area contributed by atoms with Gasteiger partial charge in [0, 0.05) is 24.4 Å². The van der Waals surface area contributed by atoms with E-state index in [1.807, 2.05) is 60.3 Å². The fourth-order valence-corrected chi connectivity index (χ4v) is 4.11. The summed E-state index contributed by atoms with van der Waals surface area (Å²) in [6.45, 7) is 0. The maximum atomic E-state index is 4.79. The van der Waals surface area contributed by atoms with E-state index in [0.29, 0.717) is 11.7 Å². The smallest absolute Gasteiger partial charge is 0.256 e. The molecule has 2 aromatic carbocycles. The lowest BCUT2D eigenvalue weighted by atomic mass is 10.1. The number of hydrogen-bond acceptors (Lipinski definition) is 6. The number of benzene rings is 2. The van der Waals surface area contributed by atoms with Crippen LogP contribution in [0.15, 0.2) is 66.0 Å². The van der Waals surface area contributed by atoms with Gasteiger partial charge in [-0.05, 0) is 34.0 Å². The van der Waals surface area contributed by atoms with Crippen molar-refractivity contribution in [2.24, 2.45) is 7.05 Å². The van der Waals surface area contributed by atoms with Crippen LogP contribution < -0.4 is 0 Å². The maximum Gasteiger partial charge on any atom is 0.256 e. The van der Waals surface area contributed by atoms with E-state index in [-0.39, 0.29) is 0 Å². The molecule has 0 radical (unpaired) electrons. The van der Waals surface area contributed by atoms with Crippen molar-refractivity contribution in [3.05, 3.63) is 66.5 Å². The van der Waals surface area contributed by atoms with Gasteiger partial charge in [0.05, 0.1) is 16.7 Å². The number of tetrazole rings is 1. The number of imidazole rings is 1. The second kappa shape index (κ2) is 6.48. The summed E-state index contributed by atoms with van der Waals surface area (Å²) in [6.07, 6.45) is 1.85. The van der Waals surface area contributed by atoms with E-state index in [0.717, 1.165) is 27.3 Å². The molecule has 0 bridgehead atoms. The number of rotatable bonds is 4. The normalized spacial score (nSPS) is 11.4. The number of fused-ring (bicyclic) bond motifs is 2. The maximum absolute atomic E-state index is 4.79. The third-order valence-electron chi connectivity index (χ3n) is 4.42. The predicted octanol–water partition coefficient (Wildman–Crippen LogP) is 3.39. The van der Waals surface area contributed by atoms with Crippen LogP contribution in [0.3, 0.4) is 0 Å². The Hall–Kier alpha value is -3.26. The molecule has 7 nitrogen and oxygen atoms in total. The van der Waals surface area contributed by atoms with E-state index in [1.54, 1.807) is 16.4 Å². The van der Waals surface area contributed by atoms with Crippen LogP contribution >= 0.6 is 11.8 Å². The van der Waals surface area contributed by atoms with Crippen LogP contribution in [-0.2, 0) is 12.8 Å². The van der Waals surface area contributed by atoms with Crippen LogP contribution in [0.5, 0.6) is 0 Å². The molecular formula is C19H15N7S. The number of hydrogen-bond donors (Lipinski definition) is 0. The van der Waals surface area contributed by atoms with Crippen molar-refractivity contribution in [1.82, 2.24) is 34.7 Å². The first-order valence-electron chi connectivity index (χ1n) is 8.47. The Kier molecular flexibility index (Phi) is 3.83. The Bertz CT molecular complexity index is 1250. The third-order valence-corrected chi connectivity index (χ3v) is 5.37. The first-order chi connectivity index (χ1) is 13.3. The first-order valence-corrected chi connectivity index (χ1v) is 9.45. The molecule has 0 aliphatic rings. The summed E-state index contributed by atoms with van der Waals surface area (Å²) in [5.74, 6) is 1.34. The predicted molar refractivity (Wildman–Crippen MR) is 105 cm³/mol. The van der Waals surface area contributed by atoms with Crippen molar-refractivity contribution < 1.29 is 0 Å². The topological polar surface area (TPSA) is 74.3 Å². The Labute approximate surface area is 159 Å². The summed E-state index contributed by atoms with van der Waals surface area (Å²) in [6, 6.07) is 18.3. The van der Waals surface area contributed by atoms with Gasteiger partial charge in [0.1, 0.15) is 0 Å². The highest BCUT2D eigenvalue weighted by atomic mass is 32.2. The van der Waals surface area contributed by atoms with E-state index in [9.17, 15) is 0 Å². The Morgan fingerprint density at radius 3 is 2.74 bits per heavy atom. The van der Waals surface area contributed by atoms with E-state index < -0.39 is 0 Å². The highest BCUT2D eigenvalue weighted by Crippen LogP contribution is 2.30. The van der Waals surface area contributed by atoms with Crippen LogP contribution in [0.2, 0.25) is 0 Å². The molecule has 0 saturated carbocycles. The first kappa shape index (κ1) is 16.0. The highest BCUT2D eigenvalue weighted by molar-refractivity contribution is 7.98. The molecule has 3 aromatic heterocycles. The lowest BCUT2D eigenvalue weighted by Gasteiger charge is -2.08. The molecule has 0 saturated heterocycles. The van der Waals surface area contributed by atoms with E-state index in [4.69, 9.17) is 4.98 Å². The van der Waals surface area contributed by atoms with Gasteiger partial charge in [-0.15, -0.1) is 0 Å². The minimum Gasteiger partial charge on any atom is -0.260 e. The molecule has 8 heteroatoms. The van der Waals surface area contributed by atoms with Crippen molar-refractivity contribution in [3.8, 4) is 5.95 Å². The lowest BCUT2D eigenvalue weighted by Crippen LogP contribution is -2.05. The number of para-hydroxylation sites is 2. The van der Waals surface area contributed by atoms with Crippen molar-refractivity contribution in [2.45, 2.75) is 10.9 Å². The molecule has 5 aromatic rings. The fourth-order valence-electron chi connectivity index (χ4n) is 3.14. The molecule has 0 amide bonds.